The van der Waals surface area contributed by atoms with Gasteiger partial charge in [0.25, 0.3) is 0 Å². The Bertz CT molecular complexity index is 663. The number of nitrogens with zero attached hydrogens (tertiary/aromatic N) is 1. The zero-order valence-corrected chi connectivity index (χ0v) is 18.6. The fraction of sp³-hybridized carbons (Fsp3) is 0.562. The molecule has 0 radical (unpaired) electrons. The summed E-state index contributed by atoms with van der Waals surface area (Å²) >= 11 is 0. The number of methoxy groups -OCH3 is 1. The third-order valence-corrected chi connectivity index (χ3v) is 4.89. The first-order chi connectivity index (χ1) is 11.2. The van der Waals surface area contributed by atoms with E-state index in [4.69, 9.17) is 4.74 Å². The zero-order valence-electron chi connectivity index (χ0n) is 15.4. The second kappa shape index (κ2) is 10.9. The van der Waals surface area contributed by atoms with Gasteiger partial charge in [0.05, 0.1) is 17.0 Å². The Balaban J connectivity index is 0.00000576. The summed E-state index contributed by atoms with van der Waals surface area (Å²) in [5.74, 6) is 0.657. The summed E-state index contributed by atoms with van der Waals surface area (Å²) in [5, 5.41) is 6.38. The molecule has 144 valence electrons. The van der Waals surface area contributed by atoms with Crippen molar-refractivity contribution in [2.45, 2.75) is 37.8 Å². The van der Waals surface area contributed by atoms with Gasteiger partial charge in [-0.2, -0.15) is 0 Å². The first kappa shape index (κ1) is 24.1. The molecule has 0 unspecified atom stereocenters. The Morgan fingerprint density at radius 3 is 2.52 bits per heavy atom. The van der Waals surface area contributed by atoms with E-state index in [-0.39, 0.29) is 34.5 Å². The van der Waals surface area contributed by atoms with Gasteiger partial charge in [-0.25, -0.2) is 18.1 Å². The Labute approximate surface area is 168 Å². The van der Waals surface area contributed by atoms with Gasteiger partial charge in [0.1, 0.15) is 0 Å². The van der Waals surface area contributed by atoms with E-state index in [0.29, 0.717) is 19.0 Å². The molecule has 0 atom stereocenters. The monoisotopic (exact) mass is 484 g/mol. The Kier molecular flexibility index (Phi) is 10.5. The van der Waals surface area contributed by atoms with E-state index in [1.54, 1.807) is 25.3 Å². The maximum atomic E-state index is 11.9. The van der Waals surface area contributed by atoms with Crippen molar-refractivity contribution in [2.75, 3.05) is 27.2 Å². The molecule has 0 aliphatic carbocycles. The summed E-state index contributed by atoms with van der Waals surface area (Å²) < 4.78 is 31.4. The van der Waals surface area contributed by atoms with Crippen LogP contribution in [0.25, 0.3) is 0 Å². The molecule has 0 saturated carbocycles. The summed E-state index contributed by atoms with van der Waals surface area (Å²) in [6, 6.07) is 6.74. The number of guanidine groups is 1. The van der Waals surface area contributed by atoms with Crippen molar-refractivity contribution in [3.8, 4) is 0 Å². The lowest BCUT2D eigenvalue weighted by Crippen LogP contribution is -2.45. The number of nitrogens with one attached hydrogen (secondary N) is 3. The summed E-state index contributed by atoms with van der Waals surface area (Å²) in [4.78, 5) is 4.73. The number of hydrogen-bond donors (Lipinski definition) is 3. The highest BCUT2D eigenvalue weighted by Gasteiger charge is 2.16. The van der Waals surface area contributed by atoms with Gasteiger partial charge in [-0.1, -0.05) is 12.1 Å². The fourth-order valence-corrected chi connectivity index (χ4v) is 2.61. The van der Waals surface area contributed by atoms with E-state index in [0.717, 1.165) is 12.1 Å². The van der Waals surface area contributed by atoms with Gasteiger partial charge in [0, 0.05) is 20.2 Å². The lowest BCUT2D eigenvalue weighted by atomic mass is 10.1. The number of halogens is 1. The highest BCUT2D eigenvalue weighted by atomic mass is 127. The molecule has 0 aliphatic rings. The highest BCUT2D eigenvalue weighted by molar-refractivity contribution is 14.0. The molecule has 0 fully saturated rings. The third-order valence-electron chi connectivity index (χ3n) is 3.48. The molecule has 1 aromatic carbocycles. The maximum absolute atomic E-state index is 11.9. The molecule has 7 nitrogen and oxygen atoms in total. The molecule has 0 saturated heterocycles. The largest absolute Gasteiger partial charge is 0.377 e. The molecule has 0 aromatic heterocycles. The fourth-order valence-electron chi connectivity index (χ4n) is 1.81. The van der Waals surface area contributed by atoms with Gasteiger partial charge < -0.3 is 15.4 Å². The summed E-state index contributed by atoms with van der Waals surface area (Å²) in [6.45, 7) is 7.65. The number of aliphatic imine (C=N–C) groups is 1. The van der Waals surface area contributed by atoms with Crippen molar-refractivity contribution in [3.63, 3.8) is 0 Å². The predicted molar refractivity (Wildman–Crippen MR) is 112 cm³/mol. The summed E-state index contributed by atoms with van der Waals surface area (Å²) in [5.41, 5.74) is 0.506. The number of benzene rings is 1. The molecule has 25 heavy (non-hydrogen) atoms. The molecule has 0 aliphatic heterocycles. The maximum Gasteiger partial charge on any atom is 0.240 e. The van der Waals surface area contributed by atoms with Crippen molar-refractivity contribution in [2.24, 2.45) is 4.99 Å². The molecule has 3 N–H and O–H groups in total. The minimum absolute atomic E-state index is 0. The van der Waals surface area contributed by atoms with Crippen LogP contribution in [0.4, 0.5) is 0 Å². The van der Waals surface area contributed by atoms with Gasteiger partial charge in [-0.05, 0) is 45.5 Å². The van der Waals surface area contributed by atoms with Crippen molar-refractivity contribution in [3.05, 3.63) is 29.8 Å². The Morgan fingerprint density at radius 1 is 1.28 bits per heavy atom. The predicted octanol–water partition coefficient (Wildman–Crippen LogP) is 1.69. The summed E-state index contributed by atoms with van der Waals surface area (Å²) in [7, 11) is -0.389. The van der Waals surface area contributed by atoms with Crippen LogP contribution in [-0.2, 0) is 21.3 Å². The van der Waals surface area contributed by atoms with Crippen LogP contribution in [0.2, 0.25) is 0 Å². The average Bonchev–Trinajstić information content (AvgIpc) is 2.57. The highest BCUT2D eigenvalue weighted by Crippen LogP contribution is 2.12. The number of ether oxygens (including phenoxy) is 1. The number of rotatable bonds is 8. The Hall–Kier alpha value is -0.910. The second-order valence-corrected chi connectivity index (χ2v) is 7.75. The smallest absolute Gasteiger partial charge is 0.240 e. The van der Waals surface area contributed by atoms with Crippen LogP contribution in [0.3, 0.4) is 0 Å². The van der Waals surface area contributed by atoms with Crippen molar-refractivity contribution in [1.82, 2.24) is 15.4 Å². The molecular formula is C16H29IN4O3S. The van der Waals surface area contributed by atoms with Crippen LogP contribution in [0.5, 0.6) is 0 Å². The second-order valence-electron chi connectivity index (χ2n) is 5.87. The average molecular weight is 484 g/mol. The minimum atomic E-state index is -3.45. The molecule has 0 heterocycles. The van der Waals surface area contributed by atoms with Crippen LogP contribution in [-0.4, -0.2) is 47.2 Å². The lowest BCUT2D eigenvalue weighted by Gasteiger charge is -2.24. The number of hydrogen-bond acceptors (Lipinski definition) is 4. The molecule has 1 aromatic rings. The number of sulfonamides is 1. The van der Waals surface area contributed by atoms with Gasteiger partial charge in [-0.15, -0.1) is 24.0 Å². The van der Waals surface area contributed by atoms with Crippen LogP contribution < -0.4 is 15.4 Å². The van der Waals surface area contributed by atoms with E-state index < -0.39 is 10.0 Å². The zero-order chi connectivity index (χ0) is 18.2. The van der Waals surface area contributed by atoms with E-state index in [1.165, 1.54) is 7.05 Å². The standard InChI is InChI=1S/C16H28N4O3S.HI/c1-6-18-15(20-12-16(2,3)23-5)19-11-13-8-7-9-14(10-13)24(21,22)17-4;/h7-10,17H,6,11-12H2,1-5H3,(H2,18,19,20);1H. The van der Waals surface area contributed by atoms with Crippen molar-refractivity contribution < 1.29 is 13.2 Å². The Morgan fingerprint density at radius 2 is 1.96 bits per heavy atom. The van der Waals surface area contributed by atoms with Crippen LogP contribution in [0.1, 0.15) is 26.3 Å². The van der Waals surface area contributed by atoms with Gasteiger partial charge in [0.15, 0.2) is 5.96 Å². The lowest BCUT2D eigenvalue weighted by molar-refractivity contribution is 0.0268. The van der Waals surface area contributed by atoms with E-state index >= 15 is 0 Å². The van der Waals surface area contributed by atoms with E-state index in [1.807, 2.05) is 26.8 Å². The van der Waals surface area contributed by atoms with Crippen LogP contribution in [0.15, 0.2) is 34.2 Å². The third kappa shape index (κ3) is 8.34. The van der Waals surface area contributed by atoms with E-state index in [2.05, 4.69) is 20.3 Å². The molecule has 1 rings (SSSR count). The van der Waals surface area contributed by atoms with Crippen LogP contribution >= 0.6 is 24.0 Å². The van der Waals surface area contributed by atoms with Crippen LogP contribution in [0, 0.1) is 0 Å². The van der Waals surface area contributed by atoms with Crippen molar-refractivity contribution >= 4 is 40.0 Å². The van der Waals surface area contributed by atoms with Crippen molar-refractivity contribution in [1.29, 1.82) is 0 Å². The normalized spacial score (nSPS) is 12.4. The quantitative estimate of drug-likeness (QED) is 0.297. The van der Waals surface area contributed by atoms with Gasteiger partial charge in [0.2, 0.25) is 10.0 Å². The first-order valence-electron chi connectivity index (χ1n) is 7.84. The SMILES string of the molecule is CCNC(=NCc1cccc(S(=O)(=O)NC)c1)NCC(C)(C)OC.I. The van der Waals surface area contributed by atoms with E-state index in [9.17, 15) is 8.42 Å². The summed E-state index contributed by atoms with van der Waals surface area (Å²) in [6.07, 6.45) is 0. The first-order valence-corrected chi connectivity index (χ1v) is 9.32. The molecule has 0 spiro atoms. The molecular weight excluding hydrogens is 455 g/mol. The molecule has 0 bridgehead atoms. The van der Waals surface area contributed by atoms with Gasteiger partial charge >= 0.3 is 0 Å². The minimum Gasteiger partial charge on any atom is -0.377 e. The molecule has 0 amide bonds. The topological polar surface area (TPSA) is 91.8 Å². The molecule has 9 heteroatoms. The van der Waals surface area contributed by atoms with Gasteiger partial charge in [-0.3, -0.25) is 0 Å².